The number of aromatic nitrogens is 3. The third-order valence-corrected chi connectivity index (χ3v) is 2.71. The fourth-order valence-electron chi connectivity index (χ4n) is 1.82. The van der Waals surface area contributed by atoms with Crippen molar-refractivity contribution in [2.45, 2.75) is 19.1 Å². The van der Waals surface area contributed by atoms with E-state index in [9.17, 15) is 9.59 Å². The molecule has 0 bridgehead atoms. The predicted molar refractivity (Wildman–Crippen MR) is 60.8 cm³/mol. The minimum atomic E-state index is -1.14. The molecule has 0 spiro atoms. The largest absolute Gasteiger partial charge is 0.476 e. The van der Waals surface area contributed by atoms with Crippen LogP contribution in [0.5, 0.6) is 0 Å². The molecule has 1 aliphatic heterocycles. The number of rotatable bonds is 6. The summed E-state index contributed by atoms with van der Waals surface area (Å²) in [6.45, 7) is 0.985. The molecular weight excluding hydrogens is 256 g/mol. The van der Waals surface area contributed by atoms with Crippen LogP contribution in [0, 0.1) is 0 Å². The minimum absolute atomic E-state index is 0.102. The zero-order valence-electron chi connectivity index (χ0n) is 10.3. The van der Waals surface area contributed by atoms with Crippen LogP contribution in [0.2, 0.25) is 0 Å². The number of methoxy groups -OCH3 is 1. The van der Waals surface area contributed by atoms with E-state index in [-0.39, 0.29) is 18.3 Å². The minimum Gasteiger partial charge on any atom is -0.476 e. The SMILES string of the molecule is COCCc1c(C(=O)O)nnn1CC1CNC(=O)O1. The number of hydrogen-bond donors (Lipinski definition) is 2. The Morgan fingerprint density at radius 2 is 2.47 bits per heavy atom. The first-order valence-electron chi connectivity index (χ1n) is 5.71. The van der Waals surface area contributed by atoms with Gasteiger partial charge in [-0.1, -0.05) is 5.21 Å². The summed E-state index contributed by atoms with van der Waals surface area (Å²) in [5.74, 6) is -1.14. The number of cyclic esters (lactones) is 1. The standard InChI is InChI=1S/C10H14N4O5/c1-18-3-2-7-8(9(15)16)12-13-14(7)5-6-4-11-10(17)19-6/h6H,2-5H2,1H3,(H,11,17)(H,15,16). The first-order chi connectivity index (χ1) is 9.11. The van der Waals surface area contributed by atoms with Crippen LogP contribution in [-0.4, -0.2) is 58.5 Å². The molecule has 9 nitrogen and oxygen atoms in total. The summed E-state index contributed by atoms with van der Waals surface area (Å²) < 4.78 is 11.3. The first-order valence-corrected chi connectivity index (χ1v) is 5.71. The number of nitrogens with one attached hydrogen (secondary N) is 1. The lowest BCUT2D eigenvalue weighted by Crippen LogP contribution is -2.23. The van der Waals surface area contributed by atoms with Crippen molar-refractivity contribution in [1.29, 1.82) is 0 Å². The summed E-state index contributed by atoms with van der Waals surface area (Å²) in [5.41, 5.74) is 0.353. The van der Waals surface area contributed by atoms with Crippen molar-refractivity contribution in [2.24, 2.45) is 0 Å². The molecule has 1 aliphatic rings. The predicted octanol–water partition coefficient (Wildman–Crippen LogP) is -0.726. The Morgan fingerprint density at radius 1 is 1.68 bits per heavy atom. The molecule has 2 heterocycles. The topological polar surface area (TPSA) is 116 Å². The van der Waals surface area contributed by atoms with Crippen molar-refractivity contribution in [3.63, 3.8) is 0 Å². The van der Waals surface area contributed by atoms with Crippen molar-refractivity contribution in [1.82, 2.24) is 20.3 Å². The highest BCUT2D eigenvalue weighted by Gasteiger charge is 2.26. The zero-order valence-corrected chi connectivity index (χ0v) is 10.3. The smallest absolute Gasteiger partial charge is 0.407 e. The normalized spacial score (nSPS) is 18.2. The molecule has 1 saturated heterocycles. The first kappa shape index (κ1) is 13.3. The van der Waals surface area contributed by atoms with Gasteiger partial charge in [0.05, 0.1) is 25.4 Å². The van der Waals surface area contributed by atoms with Crippen LogP contribution >= 0.6 is 0 Å². The number of carbonyl (C=O) groups excluding carboxylic acids is 1. The fourth-order valence-corrected chi connectivity index (χ4v) is 1.82. The van der Waals surface area contributed by atoms with Crippen molar-refractivity contribution in [2.75, 3.05) is 20.3 Å². The second-order valence-corrected chi connectivity index (χ2v) is 4.02. The molecule has 1 aromatic rings. The van der Waals surface area contributed by atoms with E-state index >= 15 is 0 Å². The van der Waals surface area contributed by atoms with Crippen LogP contribution in [0.15, 0.2) is 0 Å². The number of aromatic carboxylic acids is 1. The zero-order chi connectivity index (χ0) is 13.8. The molecule has 0 saturated carbocycles. The third-order valence-electron chi connectivity index (χ3n) is 2.71. The number of amides is 1. The van der Waals surface area contributed by atoms with Gasteiger partial charge < -0.3 is 19.9 Å². The van der Waals surface area contributed by atoms with E-state index in [0.717, 1.165) is 0 Å². The summed E-state index contributed by atoms with van der Waals surface area (Å²) >= 11 is 0. The monoisotopic (exact) mass is 270 g/mol. The maximum atomic E-state index is 11.0. The Hall–Kier alpha value is -2.16. The van der Waals surface area contributed by atoms with E-state index in [1.54, 1.807) is 0 Å². The molecule has 0 aromatic carbocycles. The van der Waals surface area contributed by atoms with Crippen LogP contribution in [0.25, 0.3) is 0 Å². The number of carboxylic acid groups (broad SMARTS) is 1. The van der Waals surface area contributed by atoms with Gasteiger partial charge in [-0.3, -0.25) is 0 Å². The highest BCUT2D eigenvalue weighted by atomic mass is 16.6. The number of nitrogens with zero attached hydrogens (tertiary/aromatic N) is 3. The van der Waals surface area contributed by atoms with E-state index in [2.05, 4.69) is 15.6 Å². The molecular formula is C10H14N4O5. The average molecular weight is 270 g/mol. The Morgan fingerprint density at radius 3 is 3.05 bits per heavy atom. The molecule has 1 fully saturated rings. The Kier molecular flexibility index (Phi) is 3.95. The average Bonchev–Trinajstić information content (AvgIpc) is 2.94. The molecule has 2 rings (SSSR count). The van der Waals surface area contributed by atoms with Gasteiger partial charge in [-0.15, -0.1) is 5.10 Å². The van der Waals surface area contributed by atoms with E-state index < -0.39 is 12.1 Å². The van der Waals surface area contributed by atoms with Crippen molar-refractivity contribution in [3.8, 4) is 0 Å². The number of ether oxygens (including phenoxy) is 2. The van der Waals surface area contributed by atoms with E-state index in [0.29, 0.717) is 25.3 Å². The van der Waals surface area contributed by atoms with Gasteiger partial charge in [0.1, 0.15) is 6.10 Å². The van der Waals surface area contributed by atoms with Gasteiger partial charge in [-0.25, -0.2) is 14.3 Å². The third kappa shape index (κ3) is 2.99. The number of carboxylic acids is 1. The lowest BCUT2D eigenvalue weighted by molar-refractivity contribution is 0.0688. The van der Waals surface area contributed by atoms with Crippen LogP contribution < -0.4 is 5.32 Å². The lowest BCUT2D eigenvalue weighted by Gasteiger charge is -2.10. The fraction of sp³-hybridized carbons (Fsp3) is 0.600. The van der Waals surface area contributed by atoms with E-state index in [1.165, 1.54) is 11.8 Å². The molecule has 2 N–H and O–H groups in total. The Bertz CT molecular complexity index is 486. The van der Waals surface area contributed by atoms with Crippen LogP contribution in [0.1, 0.15) is 16.2 Å². The molecule has 19 heavy (non-hydrogen) atoms. The number of hydrogen-bond acceptors (Lipinski definition) is 6. The summed E-state index contributed by atoms with van der Waals surface area (Å²) in [4.78, 5) is 22.0. The quantitative estimate of drug-likeness (QED) is 0.700. The van der Waals surface area contributed by atoms with Crippen molar-refractivity contribution >= 4 is 12.1 Å². The Balaban J connectivity index is 2.14. The molecule has 104 valence electrons. The molecule has 0 radical (unpaired) electrons. The second-order valence-electron chi connectivity index (χ2n) is 4.02. The van der Waals surface area contributed by atoms with Crippen LogP contribution in [0.4, 0.5) is 4.79 Å². The van der Waals surface area contributed by atoms with E-state index in [1.807, 2.05) is 0 Å². The maximum absolute atomic E-state index is 11.0. The number of carbonyl (C=O) groups is 2. The molecule has 9 heteroatoms. The summed E-state index contributed by atoms with van der Waals surface area (Å²) in [7, 11) is 1.53. The van der Waals surface area contributed by atoms with E-state index in [4.69, 9.17) is 14.6 Å². The van der Waals surface area contributed by atoms with Gasteiger partial charge in [0.25, 0.3) is 0 Å². The van der Waals surface area contributed by atoms with Gasteiger partial charge in [-0.05, 0) is 0 Å². The van der Waals surface area contributed by atoms with Crippen molar-refractivity contribution in [3.05, 3.63) is 11.4 Å². The maximum Gasteiger partial charge on any atom is 0.407 e. The van der Waals surface area contributed by atoms with Crippen LogP contribution in [-0.2, 0) is 22.4 Å². The second kappa shape index (κ2) is 5.65. The summed E-state index contributed by atoms with van der Waals surface area (Å²) in [6.07, 6.45) is -0.488. The molecule has 1 amide bonds. The van der Waals surface area contributed by atoms with Gasteiger partial charge in [0, 0.05) is 13.5 Å². The van der Waals surface area contributed by atoms with Gasteiger partial charge in [0.15, 0.2) is 5.69 Å². The summed E-state index contributed by atoms with van der Waals surface area (Å²) in [5, 5.41) is 19.0. The highest BCUT2D eigenvalue weighted by molar-refractivity contribution is 5.86. The Labute approximate surface area is 108 Å². The molecule has 1 aromatic heterocycles. The van der Waals surface area contributed by atoms with Crippen molar-refractivity contribution < 1.29 is 24.2 Å². The van der Waals surface area contributed by atoms with Gasteiger partial charge in [0.2, 0.25) is 0 Å². The summed E-state index contributed by atoms with van der Waals surface area (Å²) in [6, 6.07) is 0. The number of alkyl carbamates (subject to hydrolysis) is 1. The van der Waals surface area contributed by atoms with Crippen LogP contribution in [0.3, 0.4) is 0 Å². The molecule has 0 aliphatic carbocycles. The van der Waals surface area contributed by atoms with Gasteiger partial charge in [-0.2, -0.15) is 0 Å². The highest BCUT2D eigenvalue weighted by Crippen LogP contribution is 2.10. The van der Waals surface area contributed by atoms with Gasteiger partial charge >= 0.3 is 12.1 Å². The lowest BCUT2D eigenvalue weighted by atomic mass is 10.2. The molecule has 1 unspecified atom stereocenters. The molecule has 1 atom stereocenters.